The highest BCUT2D eigenvalue weighted by Gasteiger charge is 2.32. The molecular formula is C17H22ClN3O2S. The van der Waals surface area contributed by atoms with E-state index < -0.39 is 0 Å². The average Bonchev–Trinajstić information content (AvgIpc) is 3.23. The maximum Gasteiger partial charge on any atom is 0.234 e. The van der Waals surface area contributed by atoms with Gasteiger partial charge >= 0.3 is 0 Å². The van der Waals surface area contributed by atoms with Crippen LogP contribution in [0.1, 0.15) is 37.1 Å². The minimum atomic E-state index is -0.233. The van der Waals surface area contributed by atoms with Gasteiger partial charge in [0.1, 0.15) is 0 Å². The number of hydrogen-bond donors (Lipinski definition) is 2. The van der Waals surface area contributed by atoms with E-state index in [1.807, 2.05) is 12.1 Å². The summed E-state index contributed by atoms with van der Waals surface area (Å²) in [6.07, 6.45) is 1.86. The molecule has 0 bridgehead atoms. The van der Waals surface area contributed by atoms with Crippen LogP contribution in [0.15, 0.2) is 29.8 Å². The summed E-state index contributed by atoms with van der Waals surface area (Å²) in [5.41, 5.74) is 10.2. The molecule has 3 rings (SSSR count). The molecule has 0 saturated carbocycles. The third-order valence-corrected chi connectivity index (χ3v) is 5.48. The number of halogens is 1. The number of aromatic nitrogens is 1. The molecule has 5 nitrogen and oxygen atoms in total. The molecule has 3 N–H and O–H groups in total. The van der Waals surface area contributed by atoms with Crippen molar-refractivity contribution in [1.82, 2.24) is 9.88 Å². The van der Waals surface area contributed by atoms with E-state index in [1.54, 1.807) is 5.51 Å². The highest BCUT2D eigenvalue weighted by molar-refractivity contribution is 7.13. The zero-order chi connectivity index (χ0) is 16.4. The van der Waals surface area contributed by atoms with Gasteiger partial charge in [-0.25, -0.2) is 4.98 Å². The van der Waals surface area contributed by atoms with Gasteiger partial charge in [0.15, 0.2) is 0 Å². The normalized spacial score (nSPS) is 19.0. The molecule has 0 radical (unpaired) electrons. The number of likely N-dealkylation sites (tertiary alicyclic amines) is 1. The second-order valence-electron chi connectivity index (χ2n) is 5.88. The fourth-order valence-corrected chi connectivity index (χ4v) is 4.09. The van der Waals surface area contributed by atoms with Crippen molar-refractivity contribution in [3.05, 3.63) is 41.0 Å². The molecule has 0 spiro atoms. The van der Waals surface area contributed by atoms with Gasteiger partial charge in [0.05, 0.1) is 28.7 Å². The second kappa shape index (κ2) is 8.07. The van der Waals surface area contributed by atoms with Gasteiger partial charge in [0.2, 0.25) is 5.91 Å². The lowest BCUT2D eigenvalue weighted by Gasteiger charge is -2.29. The Balaban J connectivity index is 0.00000208. The van der Waals surface area contributed by atoms with Gasteiger partial charge in [-0.05, 0) is 37.4 Å². The lowest BCUT2D eigenvalue weighted by atomic mass is 10.0. The van der Waals surface area contributed by atoms with E-state index >= 15 is 0 Å². The molecule has 130 valence electrons. The molecule has 1 fully saturated rings. The SMILES string of the molecule is C[C@@H](c1ccc(-c2scnc2CO)cc1)N1CCCC1C(N)=O.Cl. The number of aliphatic hydroxyl groups excluding tert-OH is 1. The van der Waals surface area contributed by atoms with Gasteiger partial charge in [-0.1, -0.05) is 24.3 Å². The summed E-state index contributed by atoms with van der Waals surface area (Å²) in [6.45, 7) is 2.97. The lowest BCUT2D eigenvalue weighted by molar-refractivity contribution is -0.122. The zero-order valence-corrected chi connectivity index (χ0v) is 15.1. The summed E-state index contributed by atoms with van der Waals surface area (Å²) in [5, 5.41) is 9.33. The zero-order valence-electron chi connectivity index (χ0n) is 13.5. The number of hydrogen-bond acceptors (Lipinski definition) is 5. The van der Waals surface area contributed by atoms with Crippen molar-refractivity contribution in [3.8, 4) is 10.4 Å². The van der Waals surface area contributed by atoms with Crippen LogP contribution >= 0.6 is 23.7 Å². The fraction of sp³-hybridized carbons (Fsp3) is 0.412. The first-order chi connectivity index (χ1) is 11.1. The van der Waals surface area contributed by atoms with Crippen molar-refractivity contribution in [1.29, 1.82) is 0 Å². The van der Waals surface area contributed by atoms with Crippen LogP contribution in [0.4, 0.5) is 0 Å². The summed E-state index contributed by atoms with van der Waals surface area (Å²) >= 11 is 1.53. The van der Waals surface area contributed by atoms with Crippen molar-refractivity contribution in [3.63, 3.8) is 0 Å². The summed E-state index contributed by atoms with van der Waals surface area (Å²) in [5.74, 6) is -0.233. The third-order valence-electron chi connectivity index (χ3n) is 4.57. The Bertz CT molecular complexity index is 689. The molecule has 1 aliphatic rings. The Morgan fingerprint density at radius 1 is 1.46 bits per heavy atom. The molecule has 24 heavy (non-hydrogen) atoms. The molecule has 1 saturated heterocycles. The molecule has 1 aliphatic heterocycles. The van der Waals surface area contributed by atoms with Crippen molar-refractivity contribution in [2.24, 2.45) is 5.73 Å². The van der Waals surface area contributed by atoms with E-state index in [9.17, 15) is 9.90 Å². The largest absolute Gasteiger partial charge is 0.390 e. The van der Waals surface area contributed by atoms with Crippen LogP contribution in [-0.2, 0) is 11.4 Å². The summed E-state index contributed by atoms with van der Waals surface area (Å²) in [6, 6.07) is 8.26. The third kappa shape index (κ3) is 3.62. The number of primary amides is 1. The number of carbonyl (C=O) groups is 1. The summed E-state index contributed by atoms with van der Waals surface area (Å²) < 4.78 is 0. The fourth-order valence-electron chi connectivity index (χ4n) is 3.28. The van der Waals surface area contributed by atoms with Crippen molar-refractivity contribution >= 4 is 29.7 Å². The van der Waals surface area contributed by atoms with Gasteiger partial charge < -0.3 is 10.8 Å². The Hall–Kier alpha value is -1.47. The number of nitrogens with zero attached hydrogens (tertiary/aromatic N) is 2. The maximum absolute atomic E-state index is 11.6. The lowest BCUT2D eigenvalue weighted by Crippen LogP contribution is -2.41. The first-order valence-electron chi connectivity index (χ1n) is 7.80. The van der Waals surface area contributed by atoms with E-state index in [2.05, 4.69) is 28.9 Å². The highest BCUT2D eigenvalue weighted by Crippen LogP contribution is 2.32. The van der Waals surface area contributed by atoms with Crippen LogP contribution in [0.25, 0.3) is 10.4 Å². The van der Waals surface area contributed by atoms with Gasteiger partial charge in [0.25, 0.3) is 0 Å². The Morgan fingerprint density at radius 2 is 2.17 bits per heavy atom. The molecule has 2 aromatic rings. The standard InChI is InChI=1S/C17H21N3O2S.ClH/c1-11(20-8-2-3-15(20)17(18)22)12-4-6-13(7-5-12)16-14(9-21)19-10-23-16;/h4-7,10-11,15,21H,2-3,8-9H2,1H3,(H2,18,22);1H/t11-,15?;/m0./s1. The number of amides is 1. The molecule has 1 amide bonds. The van der Waals surface area contributed by atoms with Crippen molar-refractivity contribution in [2.75, 3.05) is 6.54 Å². The number of carbonyl (C=O) groups excluding carboxylic acids is 1. The van der Waals surface area contributed by atoms with E-state index in [-0.39, 0.29) is 37.0 Å². The van der Waals surface area contributed by atoms with E-state index in [0.29, 0.717) is 5.69 Å². The number of aliphatic hydroxyl groups is 1. The summed E-state index contributed by atoms with van der Waals surface area (Å²) in [4.78, 5) is 18.9. The quantitative estimate of drug-likeness (QED) is 0.851. The molecule has 2 heterocycles. The van der Waals surface area contributed by atoms with Crippen LogP contribution in [0.5, 0.6) is 0 Å². The highest BCUT2D eigenvalue weighted by atomic mass is 35.5. The first kappa shape index (κ1) is 18.9. The Labute approximate surface area is 151 Å². The number of rotatable bonds is 5. The molecule has 7 heteroatoms. The monoisotopic (exact) mass is 367 g/mol. The van der Waals surface area contributed by atoms with Crippen LogP contribution in [-0.4, -0.2) is 33.5 Å². The number of nitrogens with two attached hydrogens (primary N) is 1. The van der Waals surface area contributed by atoms with E-state index in [1.165, 1.54) is 11.3 Å². The summed E-state index contributed by atoms with van der Waals surface area (Å²) in [7, 11) is 0. The predicted molar refractivity (Wildman–Crippen MR) is 98.1 cm³/mol. The predicted octanol–water partition coefficient (Wildman–Crippen LogP) is 2.73. The van der Waals surface area contributed by atoms with Crippen LogP contribution < -0.4 is 5.73 Å². The maximum atomic E-state index is 11.6. The van der Waals surface area contributed by atoms with E-state index in [0.717, 1.165) is 35.4 Å². The Morgan fingerprint density at radius 3 is 2.79 bits per heavy atom. The first-order valence-corrected chi connectivity index (χ1v) is 8.68. The molecular weight excluding hydrogens is 346 g/mol. The minimum Gasteiger partial charge on any atom is -0.390 e. The van der Waals surface area contributed by atoms with Crippen molar-refractivity contribution in [2.45, 2.75) is 38.5 Å². The van der Waals surface area contributed by atoms with Gasteiger partial charge in [-0.2, -0.15) is 0 Å². The molecule has 2 atom stereocenters. The van der Waals surface area contributed by atoms with Gasteiger partial charge in [-0.15, -0.1) is 23.7 Å². The van der Waals surface area contributed by atoms with Gasteiger partial charge in [-0.3, -0.25) is 9.69 Å². The topological polar surface area (TPSA) is 79.5 Å². The average molecular weight is 368 g/mol. The minimum absolute atomic E-state index is 0. The van der Waals surface area contributed by atoms with Crippen molar-refractivity contribution < 1.29 is 9.90 Å². The van der Waals surface area contributed by atoms with E-state index in [4.69, 9.17) is 5.73 Å². The second-order valence-corrected chi connectivity index (χ2v) is 6.74. The Kier molecular flexibility index (Phi) is 6.34. The van der Waals surface area contributed by atoms with Crippen LogP contribution in [0.3, 0.4) is 0 Å². The van der Waals surface area contributed by atoms with Crippen LogP contribution in [0, 0.1) is 0 Å². The number of benzene rings is 1. The molecule has 0 aliphatic carbocycles. The molecule has 1 unspecified atom stereocenters. The molecule has 1 aromatic carbocycles. The van der Waals surface area contributed by atoms with Gasteiger partial charge in [0, 0.05) is 6.04 Å². The molecule has 1 aromatic heterocycles. The number of thiazole rings is 1. The smallest absolute Gasteiger partial charge is 0.234 e. The van der Waals surface area contributed by atoms with Crippen LogP contribution in [0.2, 0.25) is 0 Å².